The molecule has 0 aromatic rings. The highest BCUT2D eigenvalue weighted by atomic mass is 16.6. The lowest BCUT2D eigenvalue weighted by Gasteiger charge is -2.24. The molecule has 6 nitrogen and oxygen atoms in total. The third-order valence-corrected chi connectivity index (χ3v) is 11.3. The Hall–Kier alpha value is -1.21. The summed E-state index contributed by atoms with van der Waals surface area (Å²) in [7, 11) is 2.06. The fourth-order valence-electron chi connectivity index (χ4n) is 7.71. The molecule has 2 aliphatic rings. The molecule has 310 valence electrons. The van der Waals surface area contributed by atoms with E-state index in [1.54, 1.807) is 0 Å². The zero-order chi connectivity index (χ0) is 37.9. The molecule has 0 aliphatic carbocycles. The van der Waals surface area contributed by atoms with Crippen molar-refractivity contribution in [3.05, 3.63) is 24.3 Å². The molecule has 0 amide bonds. The van der Waals surface area contributed by atoms with Crippen LogP contribution in [0.1, 0.15) is 200 Å². The number of esters is 1. The van der Waals surface area contributed by atoms with E-state index in [1.807, 2.05) is 0 Å². The van der Waals surface area contributed by atoms with Crippen LogP contribution in [-0.2, 0) is 23.7 Å². The average Bonchev–Trinajstić information content (AvgIpc) is 3.78. The van der Waals surface area contributed by atoms with Crippen LogP contribution in [-0.4, -0.2) is 75.7 Å². The topological polar surface area (TPSA) is 57.2 Å². The van der Waals surface area contributed by atoms with Crippen LogP contribution in [0.5, 0.6) is 0 Å². The Labute approximate surface area is 329 Å². The van der Waals surface area contributed by atoms with Gasteiger partial charge in [-0.25, -0.2) is 0 Å². The Morgan fingerprint density at radius 3 is 1.49 bits per heavy atom. The number of likely N-dealkylation sites (tertiary alicyclic amines) is 1. The van der Waals surface area contributed by atoms with Crippen molar-refractivity contribution >= 4 is 5.97 Å². The van der Waals surface area contributed by atoms with Crippen LogP contribution in [0, 0.1) is 5.92 Å². The number of carbonyl (C=O) groups excluding carboxylic acids is 1. The standard InChI is InChI=1S/C47H87NO5/c1-4-6-8-10-12-14-16-18-20-22-24-26-28-30-32-34-38-50-44-41-52-45(42-53-47(49)43-36-37-48(3)40-43)46(44)51-39-35-33-31-29-27-25-23-21-19-17-15-13-11-9-7-5-2/h18-21,43-46H,4-17,22-42H2,1-3H3/b20-18-,21-19-/t43?,44-,45+,46+/m0/s1. The lowest BCUT2D eigenvalue weighted by atomic mass is 10.1. The largest absolute Gasteiger partial charge is 0.463 e. The van der Waals surface area contributed by atoms with Gasteiger partial charge in [-0.3, -0.25) is 4.79 Å². The minimum Gasteiger partial charge on any atom is -0.463 e. The molecule has 6 heteroatoms. The minimum absolute atomic E-state index is 0.0275. The van der Waals surface area contributed by atoms with Gasteiger partial charge in [0.25, 0.3) is 0 Å². The second kappa shape index (κ2) is 35.2. The number of carbonyl (C=O) groups is 1. The summed E-state index contributed by atoms with van der Waals surface area (Å²) in [4.78, 5) is 14.9. The molecule has 4 atom stereocenters. The Balaban J connectivity index is 1.55. The highest BCUT2D eigenvalue weighted by Gasteiger charge is 2.40. The maximum absolute atomic E-state index is 12.7. The Bertz CT molecular complexity index is 877. The monoisotopic (exact) mass is 746 g/mol. The van der Waals surface area contributed by atoms with Gasteiger partial charge in [-0.2, -0.15) is 0 Å². The van der Waals surface area contributed by atoms with Crippen molar-refractivity contribution in [1.29, 1.82) is 0 Å². The minimum atomic E-state index is -0.253. The number of rotatable bonds is 37. The summed E-state index contributed by atoms with van der Waals surface area (Å²) in [6.07, 6.45) is 46.4. The number of ether oxygens (including phenoxy) is 4. The summed E-state index contributed by atoms with van der Waals surface area (Å²) in [6, 6.07) is 0. The molecule has 0 N–H and O–H groups in total. The third kappa shape index (κ3) is 26.3. The van der Waals surface area contributed by atoms with Gasteiger partial charge in [-0.15, -0.1) is 0 Å². The molecule has 1 unspecified atom stereocenters. The fourth-order valence-corrected chi connectivity index (χ4v) is 7.71. The van der Waals surface area contributed by atoms with Crippen molar-refractivity contribution in [3.63, 3.8) is 0 Å². The number of hydrogen-bond donors (Lipinski definition) is 0. The van der Waals surface area contributed by atoms with Crippen LogP contribution in [0.4, 0.5) is 0 Å². The molecule has 0 radical (unpaired) electrons. The molecule has 53 heavy (non-hydrogen) atoms. The van der Waals surface area contributed by atoms with Gasteiger partial charge in [-0.1, -0.05) is 154 Å². The van der Waals surface area contributed by atoms with E-state index in [0.29, 0.717) is 13.2 Å². The van der Waals surface area contributed by atoms with Crippen LogP contribution >= 0.6 is 0 Å². The summed E-state index contributed by atoms with van der Waals surface area (Å²) in [5, 5.41) is 0. The van der Waals surface area contributed by atoms with Gasteiger partial charge < -0.3 is 23.8 Å². The fraction of sp³-hybridized carbons (Fsp3) is 0.894. The summed E-state index contributed by atoms with van der Waals surface area (Å²) >= 11 is 0. The number of allylic oxidation sites excluding steroid dienone is 4. The van der Waals surface area contributed by atoms with Crippen molar-refractivity contribution in [2.24, 2.45) is 5.92 Å². The second-order valence-corrected chi connectivity index (χ2v) is 16.4. The van der Waals surface area contributed by atoms with Crippen LogP contribution in [0.15, 0.2) is 24.3 Å². The molecule has 0 aromatic heterocycles. The maximum Gasteiger partial charge on any atom is 0.310 e. The van der Waals surface area contributed by atoms with Crippen LogP contribution in [0.2, 0.25) is 0 Å². The van der Waals surface area contributed by atoms with Crippen molar-refractivity contribution in [1.82, 2.24) is 4.90 Å². The number of hydrogen-bond acceptors (Lipinski definition) is 6. The van der Waals surface area contributed by atoms with Gasteiger partial charge in [0.1, 0.15) is 24.9 Å². The van der Waals surface area contributed by atoms with E-state index in [9.17, 15) is 4.79 Å². The Kier molecular flexibility index (Phi) is 31.9. The molecule has 2 rings (SSSR count). The predicted octanol–water partition coefficient (Wildman–Crippen LogP) is 12.7. The first kappa shape index (κ1) is 47.9. The summed E-state index contributed by atoms with van der Waals surface area (Å²) in [5.41, 5.74) is 0. The first-order chi connectivity index (χ1) is 26.2. The summed E-state index contributed by atoms with van der Waals surface area (Å²) in [5.74, 6) is -0.126. The highest BCUT2D eigenvalue weighted by Crippen LogP contribution is 2.24. The van der Waals surface area contributed by atoms with Gasteiger partial charge in [0.2, 0.25) is 0 Å². The van der Waals surface area contributed by atoms with Gasteiger partial charge >= 0.3 is 5.97 Å². The van der Waals surface area contributed by atoms with E-state index in [-0.39, 0.29) is 36.8 Å². The van der Waals surface area contributed by atoms with Crippen molar-refractivity contribution in [2.75, 3.05) is 46.6 Å². The smallest absolute Gasteiger partial charge is 0.310 e. The molecular weight excluding hydrogens is 659 g/mol. The van der Waals surface area contributed by atoms with E-state index in [1.165, 1.54) is 167 Å². The van der Waals surface area contributed by atoms with E-state index >= 15 is 0 Å². The van der Waals surface area contributed by atoms with Crippen LogP contribution in [0.3, 0.4) is 0 Å². The van der Waals surface area contributed by atoms with Gasteiger partial charge in [0.05, 0.1) is 12.5 Å². The van der Waals surface area contributed by atoms with Crippen LogP contribution in [0.25, 0.3) is 0 Å². The number of nitrogens with zero attached hydrogens (tertiary/aromatic N) is 1. The zero-order valence-corrected chi connectivity index (χ0v) is 35.4. The molecule has 2 aliphatic heterocycles. The quantitative estimate of drug-likeness (QED) is 0.0358. The van der Waals surface area contributed by atoms with Crippen molar-refractivity contribution in [3.8, 4) is 0 Å². The van der Waals surface area contributed by atoms with Crippen LogP contribution < -0.4 is 0 Å². The van der Waals surface area contributed by atoms with Gasteiger partial charge in [0.15, 0.2) is 0 Å². The van der Waals surface area contributed by atoms with E-state index < -0.39 is 0 Å². The lowest BCUT2D eigenvalue weighted by molar-refractivity contribution is -0.154. The van der Waals surface area contributed by atoms with E-state index in [0.717, 1.165) is 39.0 Å². The SMILES string of the molecule is CCCCCCCC/C=C\CCCCCCCCO[C@@H]1[C@@H](OCCCCCCCC/C=C\CCCCCCCC)CO[C@@H]1COC(=O)C1CCN(C)C1. The first-order valence-corrected chi connectivity index (χ1v) is 23.2. The normalized spacial score (nSPS) is 20.8. The van der Waals surface area contributed by atoms with E-state index in [4.69, 9.17) is 18.9 Å². The zero-order valence-electron chi connectivity index (χ0n) is 35.4. The molecular formula is C47H87NO5. The third-order valence-electron chi connectivity index (χ3n) is 11.3. The summed E-state index contributed by atoms with van der Waals surface area (Å²) < 4.78 is 24.7. The first-order valence-electron chi connectivity index (χ1n) is 23.2. The van der Waals surface area contributed by atoms with Gasteiger partial charge in [-0.05, 0) is 84.2 Å². The Morgan fingerprint density at radius 2 is 1.04 bits per heavy atom. The second-order valence-electron chi connectivity index (χ2n) is 16.4. The molecule has 0 spiro atoms. The molecule has 0 aromatic carbocycles. The predicted molar refractivity (Wildman–Crippen MR) is 225 cm³/mol. The average molecular weight is 746 g/mol. The number of unbranched alkanes of at least 4 members (excludes halogenated alkanes) is 24. The van der Waals surface area contributed by atoms with Gasteiger partial charge in [0, 0.05) is 19.8 Å². The maximum atomic E-state index is 12.7. The molecule has 0 bridgehead atoms. The Morgan fingerprint density at radius 1 is 0.604 bits per heavy atom. The van der Waals surface area contributed by atoms with Crippen molar-refractivity contribution < 1.29 is 23.7 Å². The molecule has 2 saturated heterocycles. The highest BCUT2D eigenvalue weighted by molar-refractivity contribution is 5.73. The van der Waals surface area contributed by atoms with E-state index in [2.05, 4.69) is 50.1 Å². The molecule has 2 heterocycles. The van der Waals surface area contributed by atoms with Crippen molar-refractivity contribution in [2.45, 2.75) is 218 Å². The molecule has 2 fully saturated rings. The molecule has 0 saturated carbocycles. The lowest BCUT2D eigenvalue weighted by Crippen LogP contribution is -2.39. The summed E-state index contributed by atoms with van der Waals surface area (Å²) in [6.45, 7) is 8.52.